The van der Waals surface area contributed by atoms with Crippen molar-refractivity contribution in [3.8, 4) is 17.2 Å². The molecule has 0 aliphatic heterocycles. The molecule has 0 fully saturated rings. The summed E-state index contributed by atoms with van der Waals surface area (Å²) in [5.41, 5.74) is 1.40. The lowest BCUT2D eigenvalue weighted by Gasteiger charge is -2.11. The molecule has 9 nitrogen and oxygen atoms in total. The molecule has 38 heavy (non-hydrogen) atoms. The number of esters is 3. The molecule has 2 aromatic rings. The van der Waals surface area contributed by atoms with Crippen LogP contribution in [0, 0.1) is 0 Å². The first-order valence-electron chi connectivity index (χ1n) is 12.1. The van der Waals surface area contributed by atoms with Crippen LogP contribution in [0.2, 0.25) is 0 Å². The maximum absolute atomic E-state index is 12.6. The zero-order valence-corrected chi connectivity index (χ0v) is 22.4. The lowest BCUT2D eigenvalue weighted by molar-refractivity contribution is -0.139. The predicted molar refractivity (Wildman–Crippen MR) is 143 cm³/mol. The SMILES string of the molecule is C=C(C)C(=O)OCCCCOc1ccc(C(=O)Oc2ccc(/C=C/C(=O)OCCN(C)C)cc2OC)cc1. The van der Waals surface area contributed by atoms with Gasteiger partial charge < -0.3 is 28.6 Å². The summed E-state index contributed by atoms with van der Waals surface area (Å²) >= 11 is 0. The van der Waals surface area contributed by atoms with Crippen molar-refractivity contribution in [2.75, 3.05) is 47.6 Å². The number of carbonyl (C=O) groups excluding carboxylic acids is 3. The summed E-state index contributed by atoms with van der Waals surface area (Å²) in [5, 5.41) is 0. The Balaban J connectivity index is 1.84. The van der Waals surface area contributed by atoms with Gasteiger partial charge in [-0.15, -0.1) is 0 Å². The molecule has 204 valence electrons. The molecule has 0 aromatic heterocycles. The van der Waals surface area contributed by atoms with E-state index < -0.39 is 17.9 Å². The second kappa shape index (κ2) is 15.9. The van der Waals surface area contributed by atoms with Crippen molar-refractivity contribution in [2.24, 2.45) is 0 Å². The number of ether oxygens (including phenoxy) is 5. The summed E-state index contributed by atoms with van der Waals surface area (Å²) in [5.74, 6) is -0.201. The van der Waals surface area contributed by atoms with E-state index in [-0.39, 0.29) is 5.75 Å². The average molecular weight is 526 g/mol. The third-order valence-corrected chi connectivity index (χ3v) is 5.06. The number of benzene rings is 2. The van der Waals surface area contributed by atoms with Gasteiger partial charge in [0, 0.05) is 18.2 Å². The van der Waals surface area contributed by atoms with E-state index in [2.05, 4.69) is 6.58 Å². The van der Waals surface area contributed by atoms with Crippen LogP contribution in [0.4, 0.5) is 0 Å². The molecule has 2 aromatic carbocycles. The highest BCUT2D eigenvalue weighted by atomic mass is 16.6. The Morgan fingerprint density at radius 1 is 0.921 bits per heavy atom. The number of methoxy groups -OCH3 is 1. The number of unbranched alkanes of at least 4 members (excludes halogenated alkanes) is 1. The van der Waals surface area contributed by atoms with Crippen LogP contribution in [0.5, 0.6) is 17.2 Å². The molecule has 0 unspecified atom stereocenters. The van der Waals surface area contributed by atoms with Crippen molar-refractivity contribution in [3.05, 3.63) is 71.8 Å². The van der Waals surface area contributed by atoms with E-state index in [0.717, 1.165) is 0 Å². The van der Waals surface area contributed by atoms with Crippen molar-refractivity contribution in [1.82, 2.24) is 4.90 Å². The van der Waals surface area contributed by atoms with Gasteiger partial charge in [0.15, 0.2) is 11.5 Å². The zero-order chi connectivity index (χ0) is 27.9. The molecule has 0 atom stereocenters. The number of carbonyl (C=O) groups is 3. The minimum absolute atomic E-state index is 0.246. The monoisotopic (exact) mass is 525 g/mol. The summed E-state index contributed by atoms with van der Waals surface area (Å²) in [4.78, 5) is 37.7. The number of hydrogen-bond acceptors (Lipinski definition) is 9. The highest BCUT2D eigenvalue weighted by molar-refractivity contribution is 5.91. The lowest BCUT2D eigenvalue weighted by Crippen LogP contribution is -2.19. The van der Waals surface area contributed by atoms with Gasteiger partial charge in [-0.3, -0.25) is 0 Å². The van der Waals surface area contributed by atoms with Crippen LogP contribution in [-0.2, 0) is 19.1 Å². The van der Waals surface area contributed by atoms with Crippen LogP contribution < -0.4 is 14.2 Å². The first-order valence-corrected chi connectivity index (χ1v) is 12.1. The molecule has 0 amide bonds. The molecule has 0 aliphatic rings. The molecule has 2 rings (SSSR count). The molecule has 9 heteroatoms. The summed E-state index contributed by atoms with van der Waals surface area (Å²) in [6.07, 6.45) is 4.30. The van der Waals surface area contributed by atoms with E-state index in [1.54, 1.807) is 55.5 Å². The fourth-order valence-electron chi connectivity index (χ4n) is 2.94. The summed E-state index contributed by atoms with van der Waals surface area (Å²) < 4.78 is 26.7. The van der Waals surface area contributed by atoms with Gasteiger partial charge in [0.1, 0.15) is 12.4 Å². The molecule has 0 heterocycles. The van der Waals surface area contributed by atoms with Crippen molar-refractivity contribution in [1.29, 1.82) is 0 Å². The summed E-state index contributed by atoms with van der Waals surface area (Å²) in [7, 11) is 5.26. The number of nitrogens with zero attached hydrogens (tertiary/aromatic N) is 1. The number of rotatable bonds is 15. The normalized spacial score (nSPS) is 10.8. The highest BCUT2D eigenvalue weighted by Gasteiger charge is 2.13. The van der Waals surface area contributed by atoms with E-state index in [1.807, 2.05) is 19.0 Å². The minimum Gasteiger partial charge on any atom is -0.494 e. The topological polar surface area (TPSA) is 101 Å². The van der Waals surface area contributed by atoms with Gasteiger partial charge in [0.2, 0.25) is 0 Å². The van der Waals surface area contributed by atoms with Crippen LogP contribution in [-0.4, -0.2) is 70.4 Å². The van der Waals surface area contributed by atoms with E-state index in [4.69, 9.17) is 23.7 Å². The van der Waals surface area contributed by atoms with Crippen molar-refractivity contribution >= 4 is 24.0 Å². The largest absolute Gasteiger partial charge is 0.494 e. The van der Waals surface area contributed by atoms with E-state index in [0.29, 0.717) is 67.4 Å². The Labute approximate surface area is 223 Å². The Morgan fingerprint density at radius 3 is 2.29 bits per heavy atom. The van der Waals surface area contributed by atoms with Gasteiger partial charge in [-0.1, -0.05) is 12.6 Å². The molecule has 0 saturated carbocycles. The Morgan fingerprint density at radius 2 is 1.63 bits per heavy atom. The highest BCUT2D eigenvalue weighted by Crippen LogP contribution is 2.29. The van der Waals surface area contributed by atoms with Crippen molar-refractivity contribution < 1.29 is 38.1 Å². The van der Waals surface area contributed by atoms with Gasteiger partial charge in [0.05, 0.1) is 25.9 Å². The van der Waals surface area contributed by atoms with E-state index in [9.17, 15) is 14.4 Å². The van der Waals surface area contributed by atoms with E-state index in [1.165, 1.54) is 13.2 Å². The third kappa shape index (κ3) is 10.9. The predicted octanol–water partition coefficient (Wildman–Crippen LogP) is 4.31. The standard InChI is InChI=1S/C29H35NO8/c1-21(2)28(32)37-18-7-6-17-35-24-12-10-23(11-13-24)29(33)38-25-14-8-22(20-26(25)34-5)9-15-27(31)36-19-16-30(3)4/h8-15,20H,1,6-7,16-19H2,2-5H3/b15-9+. The van der Waals surface area contributed by atoms with Crippen LogP contribution in [0.1, 0.15) is 35.7 Å². The molecule has 0 radical (unpaired) electrons. The van der Waals surface area contributed by atoms with Crippen molar-refractivity contribution in [2.45, 2.75) is 19.8 Å². The van der Waals surface area contributed by atoms with Crippen LogP contribution >= 0.6 is 0 Å². The molecule has 0 N–H and O–H groups in total. The first kappa shape index (κ1) is 30.1. The smallest absolute Gasteiger partial charge is 0.343 e. The Bertz CT molecular complexity index is 1120. The molecular weight excluding hydrogens is 490 g/mol. The molecule has 0 saturated heterocycles. The molecular formula is C29H35NO8. The maximum Gasteiger partial charge on any atom is 0.343 e. The Kier molecular flexibility index (Phi) is 12.6. The second-order valence-electron chi connectivity index (χ2n) is 8.60. The number of likely N-dealkylation sites (N-methyl/N-ethyl adjacent to an activating group) is 1. The fourth-order valence-corrected chi connectivity index (χ4v) is 2.94. The maximum atomic E-state index is 12.6. The van der Waals surface area contributed by atoms with Gasteiger partial charge in [-0.2, -0.15) is 0 Å². The minimum atomic E-state index is -0.554. The Hall–Kier alpha value is -4.11. The van der Waals surface area contributed by atoms with E-state index >= 15 is 0 Å². The molecule has 0 aliphatic carbocycles. The van der Waals surface area contributed by atoms with Gasteiger partial charge in [-0.25, -0.2) is 14.4 Å². The zero-order valence-electron chi connectivity index (χ0n) is 22.4. The second-order valence-corrected chi connectivity index (χ2v) is 8.60. The van der Waals surface area contributed by atoms with Gasteiger partial charge in [-0.05, 0) is 81.9 Å². The lowest BCUT2D eigenvalue weighted by atomic mass is 10.2. The molecule has 0 spiro atoms. The fraction of sp³-hybridized carbons (Fsp3) is 0.345. The van der Waals surface area contributed by atoms with Crippen molar-refractivity contribution in [3.63, 3.8) is 0 Å². The average Bonchev–Trinajstić information content (AvgIpc) is 2.89. The first-order chi connectivity index (χ1) is 18.2. The number of hydrogen-bond donors (Lipinski definition) is 0. The summed E-state index contributed by atoms with van der Waals surface area (Å²) in [6.45, 7) is 6.83. The van der Waals surface area contributed by atoms with Crippen LogP contribution in [0.15, 0.2) is 60.7 Å². The third-order valence-electron chi connectivity index (χ3n) is 5.06. The van der Waals surface area contributed by atoms with Crippen LogP contribution in [0.25, 0.3) is 6.08 Å². The quantitative estimate of drug-likeness (QED) is 0.146. The van der Waals surface area contributed by atoms with Crippen LogP contribution in [0.3, 0.4) is 0 Å². The molecule has 0 bridgehead atoms. The van der Waals surface area contributed by atoms with Gasteiger partial charge >= 0.3 is 17.9 Å². The van der Waals surface area contributed by atoms with Gasteiger partial charge in [0.25, 0.3) is 0 Å². The summed E-state index contributed by atoms with van der Waals surface area (Å²) in [6, 6.07) is 11.5.